The molecule has 0 aliphatic rings. The third-order valence-electron chi connectivity index (χ3n) is 2.94. The lowest BCUT2D eigenvalue weighted by atomic mass is 9.94. The smallest absolute Gasteiger partial charge is 0.129 e. The van der Waals surface area contributed by atoms with Gasteiger partial charge < -0.3 is 11.1 Å². The fraction of sp³-hybridized carbons (Fsp3) is 0.583. The number of nitrogens with two attached hydrogens (primary N) is 1. The van der Waals surface area contributed by atoms with Gasteiger partial charge in [-0.2, -0.15) is 0 Å². The maximum Gasteiger partial charge on any atom is 0.129 e. The molecule has 0 aliphatic carbocycles. The zero-order valence-corrected chi connectivity index (χ0v) is 11.8. The van der Waals surface area contributed by atoms with E-state index in [1.807, 2.05) is 6.20 Å². The van der Waals surface area contributed by atoms with Crippen LogP contribution in [0.3, 0.4) is 0 Å². The van der Waals surface area contributed by atoms with Gasteiger partial charge in [0.1, 0.15) is 5.82 Å². The molecular weight excluding hydrogens is 266 g/mol. The summed E-state index contributed by atoms with van der Waals surface area (Å²) in [5.41, 5.74) is 6.81. The van der Waals surface area contributed by atoms with Crippen molar-refractivity contribution in [1.29, 1.82) is 0 Å². The number of nitrogens with one attached hydrogen (secondary N) is 1. The molecule has 4 heteroatoms. The van der Waals surface area contributed by atoms with Crippen LogP contribution in [0.5, 0.6) is 0 Å². The minimum absolute atomic E-state index is 0.0281. The molecule has 1 atom stereocenters. The number of pyridine rings is 1. The van der Waals surface area contributed by atoms with E-state index in [-0.39, 0.29) is 5.54 Å². The minimum Gasteiger partial charge on any atom is -0.365 e. The van der Waals surface area contributed by atoms with Crippen molar-refractivity contribution in [2.24, 2.45) is 5.73 Å². The zero-order valence-electron chi connectivity index (χ0n) is 10.2. The molecule has 0 radical (unpaired) electrons. The summed E-state index contributed by atoms with van der Waals surface area (Å²) >= 11 is 3.41. The van der Waals surface area contributed by atoms with Gasteiger partial charge in [0.05, 0.1) is 0 Å². The van der Waals surface area contributed by atoms with Crippen LogP contribution >= 0.6 is 15.9 Å². The monoisotopic (exact) mass is 285 g/mol. The van der Waals surface area contributed by atoms with Gasteiger partial charge in [0.25, 0.3) is 0 Å². The van der Waals surface area contributed by atoms with Crippen LogP contribution in [-0.4, -0.2) is 17.1 Å². The number of aryl methyl sites for hydroxylation is 1. The van der Waals surface area contributed by atoms with Crippen molar-refractivity contribution in [3.05, 3.63) is 22.3 Å². The summed E-state index contributed by atoms with van der Waals surface area (Å²) in [5, 5.41) is 3.49. The Balaban J connectivity index is 2.85. The van der Waals surface area contributed by atoms with Crippen LogP contribution in [0.15, 0.2) is 16.7 Å². The highest BCUT2D eigenvalue weighted by Gasteiger charge is 2.21. The predicted molar refractivity (Wildman–Crippen MR) is 72.7 cm³/mol. The van der Waals surface area contributed by atoms with Crippen LogP contribution in [0.25, 0.3) is 0 Å². The van der Waals surface area contributed by atoms with E-state index < -0.39 is 0 Å². The van der Waals surface area contributed by atoms with Crippen molar-refractivity contribution >= 4 is 21.7 Å². The third-order valence-corrected chi connectivity index (χ3v) is 3.38. The zero-order chi connectivity index (χ0) is 12.2. The lowest BCUT2D eigenvalue weighted by Gasteiger charge is -2.30. The van der Waals surface area contributed by atoms with Gasteiger partial charge in [-0.3, -0.25) is 0 Å². The van der Waals surface area contributed by atoms with E-state index in [4.69, 9.17) is 5.73 Å². The van der Waals surface area contributed by atoms with Gasteiger partial charge in [-0.05, 0) is 60.8 Å². The second-order valence-electron chi connectivity index (χ2n) is 4.40. The van der Waals surface area contributed by atoms with Crippen molar-refractivity contribution < 1.29 is 0 Å². The van der Waals surface area contributed by atoms with E-state index in [0.717, 1.165) is 28.7 Å². The highest BCUT2D eigenvalue weighted by molar-refractivity contribution is 9.10. The number of rotatable bonds is 5. The Bertz CT molecular complexity index is 354. The third kappa shape index (κ3) is 3.46. The highest BCUT2D eigenvalue weighted by atomic mass is 79.9. The fourth-order valence-electron chi connectivity index (χ4n) is 1.60. The summed E-state index contributed by atoms with van der Waals surface area (Å²) in [6.45, 7) is 7.09. The number of hydrogen-bond donors (Lipinski definition) is 2. The summed E-state index contributed by atoms with van der Waals surface area (Å²) in [5.74, 6) is 0.945. The van der Waals surface area contributed by atoms with Crippen LogP contribution in [-0.2, 0) is 0 Å². The second kappa shape index (κ2) is 5.64. The minimum atomic E-state index is 0.0281. The second-order valence-corrected chi connectivity index (χ2v) is 5.31. The predicted octanol–water partition coefficient (Wildman–Crippen LogP) is 3.08. The molecule has 0 spiro atoms. The quantitative estimate of drug-likeness (QED) is 0.874. The summed E-state index contributed by atoms with van der Waals surface area (Å²) in [7, 11) is 0. The Morgan fingerprint density at radius 2 is 2.25 bits per heavy atom. The lowest BCUT2D eigenvalue weighted by molar-refractivity contribution is 0.461. The standard InChI is InChI=1S/C12H20BrN3/c1-4-12(3,5-6-14)16-11-9(2)7-10(13)8-15-11/h7-8H,4-6,14H2,1-3H3,(H,15,16). The van der Waals surface area contributed by atoms with Crippen LogP contribution in [0.2, 0.25) is 0 Å². The molecule has 3 N–H and O–H groups in total. The lowest BCUT2D eigenvalue weighted by Crippen LogP contribution is -2.36. The fourth-order valence-corrected chi connectivity index (χ4v) is 2.05. The summed E-state index contributed by atoms with van der Waals surface area (Å²) < 4.78 is 1.01. The van der Waals surface area contributed by atoms with Gasteiger partial charge in [-0.15, -0.1) is 0 Å². The van der Waals surface area contributed by atoms with E-state index in [1.165, 1.54) is 0 Å². The molecule has 0 bridgehead atoms. The van der Waals surface area contributed by atoms with E-state index in [9.17, 15) is 0 Å². The maximum absolute atomic E-state index is 5.64. The topological polar surface area (TPSA) is 50.9 Å². The van der Waals surface area contributed by atoms with Crippen LogP contribution in [0.1, 0.15) is 32.3 Å². The Morgan fingerprint density at radius 3 is 2.75 bits per heavy atom. The highest BCUT2D eigenvalue weighted by Crippen LogP contribution is 2.24. The average Bonchev–Trinajstić information content (AvgIpc) is 2.23. The molecule has 1 heterocycles. The number of hydrogen-bond acceptors (Lipinski definition) is 3. The molecule has 0 amide bonds. The SMILES string of the molecule is CCC(C)(CCN)Nc1ncc(Br)cc1C. The molecule has 1 aromatic heterocycles. The summed E-state index contributed by atoms with van der Waals surface area (Å²) in [6.07, 6.45) is 3.79. The van der Waals surface area contributed by atoms with Crippen LogP contribution < -0.4 is 11.1 Å². The maximum atomic E-state index is 5.64. The van der Waals surface area contributed by atoms with E-state index in [0.29, 0.717) is 6.54 Å². The van der Waals surface area contributed by atoms with Gasteiger partial charge in [-0.25, -0.2) is 4.98 Å². The van der Waals surface area contributed by atoms with E-state index in [2.05, 4.69) is 53.1 Å². The van der Waals surface area contributed by atoms with Gasteiger partial charge in [0.2, 0.25) is 0 Å². The molecule has 3 nitrogen and oxygen atoms in total. The van der Waals surface area contributed by atoms with E-state index in [1.54, 1.807) is 0 Å². The molecule has 0 aromatic carbocycles. The largest absolute Gasteiger partial charge is 0.365 e. The van der Waals surface area contributed by atoms with Crippen molar-refractivity contribution in [1.82, 2.24) is 4.98 Å². The average molecular weight is 286 g/mol. The summed E-state index contributed by atoms with van der Waals surface area (Å²) in [6, 6.07) is 2.06. The normalized spacial score (nSPS) is 14.6. The Labute approximate surface area is 106 Å². The van der Waals surface area contributed by atoms with Crippen LogP contribution in [0.4, 0.5) is 5.82 Å². The molecule has 1 aromatic rings. The molecule has 90 valence electrons. The van der Waals surface area contributed by atoms with Gasteiger partial charge in [0, 0.05) is 16.2 Å². The molecule has 1 unspecified atom stereocenters. The van der Waals surface area contributed by atoms with Crippen molar-refractivity contribution in [2.75, 3.05) is 11.9 Å². The Morgan fingerprint density at radius 1 is 1.56 bits per heavy atom. The molecule has 16 heavy (non-hydrogen) atoms. The molecule has 1 rings (SSSR count). The van der Waals surface area contributed by atoms with Gasteiger partial charge >= 0.3 is 0 Å². The molecule has 0 saturated heterocycles. The van der Waals surface area contributed by atoms with Crippen molar-refractivity contribution in [3.63, 3.8) is 0 Å². The first-order valence-electron chi connectivity index (χ1n) is 5.61. The van der Waals surface area contributed by atoms with Crippen molar-refractivity contribution in [3.8, 4) is 0 Å². The first-order chi connectivity index (χ1) is 7.50. The summed E-state index contributed by atoms with van der Waals surface area (Å²) in [4.78, 5) is 4.39. The van der Waals surface area contributed by atoms with Gasteiger partial charge in [0.15, 0.2) is 0 Å². The van der Waals surface area contributed by atoms with Gasteiger partial charge in [-0.1, -0.05) is 6.92 Å². The van der Waals surface area contributed by atoms with Crippen molar-refractivity contribution in [2.45, 2.75) is 39.2 Å². The Kier molecular flexibility index (Phi) is 4.74. The molecule has 0 saturated carbocycles. The number of anilines is 1. The molecule has 0 fully saturated rings. The number of aromatic nitrogens is 1. The molecule has 0 aliphatic heterocycles. The first-order valence-corrected chi connectivity index (χ1v) is 6.40. The van der Waals surface area contributed by atoms with E-state index >= 15 is 0 Å². The Hall–Kier alpha value is -0.610. The number of nitrogens with zero attached hydrogens (tertiary/aromatic N) is 1. The first kappa shape index (κ1) is 13.5. The number of halogens is 1. The van der Waals surface area contributed by atoms with Crippen LogP contribution in [0, 0.1) is 6.92 Å². The molecular formula is C12H20BrN3.